The van der Waals surface area contributed by atoms with Crippen molar-refractivity contribution in [2.45, 2.75) is 31.5 Å². The number of rotatable bonds is 1. The van der Waals surface area contributed by atoms with Gasteiger partial charge in [0.1, 0.15) is 0 Å². The second kappa shape index (κ2) is 5.69. The smallest absolute Gasteiger partial charge is 0.369 e. The minimum absolute atomic E-state index is 0.128. The standard InChI is InChI=1S/C15H18ClF3N2/c16-11-4-5-14(13(9-11)15(17,18)19)21-8-2-7-20-6-1-3-12(20)10-21/h4-5,9,12H,1-3,6-8,10H2. The Balaban J connectivity index is 1.92. The van der Waals surface area contributed by atoms with Crippen molar-refractivity contribution in [2.24, 2.45) is 0 Å². The summed E-state index contributed by atoms with van der Waals surface area (Å²) >= 11 is 5.76. The molecule has 2 aliphatic heterocycles. The Kier molecular flexibility index (Phi) is 4.06. The van der Waals surface area contributed by atoms with Gasteiger partial charge in [0.15, 0.2) is 0 Å². The summed E-state index contributed by atoms with van der Waals surface area (Å²) in [5, 5.41) is 0.128. The average Bonchev–Trinajstić information content (AvgIpc) is 2.75. The van der Waals surface area contributed by atoms with Crippen molar-refractivity contribution < 1.29 is 13.2 Å². The van der Waals surface area contributed by atoms with Crippen LogP contribution in [0, 0.1) is 0 Å². The number of alkyl halides is 3. The second-order valence-corrected chi connectivity index (χ2v) is 6.23. The second-order valence-electron chi connectivity index (χ2n) is 5.79. The summed E-state index contributed by atoms with van der Waals surface area (Å²) in [6.07, 6.45) is -1.25. The van der Waals surface area contributed by atoms with Gasteiger partial charge in [0.2, 0.25) is 0 Å². The number of halogens is 4. The molecule has 21 heavy (non-hydrogen) atoms. The van der Waals surface area contributed by atoms with Crippen LogP contribution >= 0.6 is 11.6 Å². The fraction of sp³-hybridized carbons (Fsp3) is 0.600. The van der Waals surface area contributed by atoms with Gasteiger partial charge < -0.3 is 4.90 Å². The van der Waals surface area contributed by atoms with Gasteiger partial charge in [-0.1, -0.05) is 11.6 Å². The first-order valence-electron chi connectivity index (χ1n) is 7.31. The predicted molar refractivity (Wildman–Crippen MR) is 77.9 cm³/mol. The fourth-order valence-electron chi connectivity index (χ4n) is 3.44. The monoisotopic (exact) mass is 318 g/mol. The van der Waals surface area contributed by atoms with Gasteiger partial charge >= 0.3 is 6.18 Å². The van der Waals surface area contributed by atoms with Crippen molar-refractivity contribution in [3.05, 3.63) is 28.8 Å². The zero-order valence-electron chi connectivity index (χ0n) is 11.7. The molecule has 3 rings (SSSR count). The summed E-state index contributed by atoms with van der Waals surface area (Å²) < 4.78 is 39.8. The molecule has 0 aromatic heterocycles. The molecule has 1 atom stereocenters. The van der Waals surface area contributed by atoms with E-state index in [0.717, 1.165) is 38.4 Å². The highest BCUT2D eigenvalue weighted by Gasteiger charge is 2.37. The molecule has 0 N–H and O–H groups in total. The van der Waals surface area contributed by atoms with Gasteiger partial charge in [0, 0.05) is 36.4 Å². The van der Waals surface area contributed by atoms with Crippen LogP contribution < -0.4 is 4.90 Å². The molecule has 1 aromatic rings. The number of benzene rings is 1. The third-order valence-electron chi connectivity index (χ3n) is 4.41. The van der Waals surface area contributed by atoms with Crippen LogP contribution in [0.15, 0.2) is 18.2 Å². The maximum absolute atomic E-state index is 13.3. The first kappa shape index (κ1) is 15.0. The van der Waals surface area contributed by atoms with Crippen LogP contribution in [0.4, 0.5) is 18.9 Å². The van der Waals surface area contributed by atoms with E-state index in [4.69, 9.17) is 11.6 Å². The van der Waals surface area contributed by atoms with Crippen molar-refractivity contribution in [2.75, 3.05) is 31.1 Å². The molecule has 0 spiro atoms. The first-order chi connectivity index (χ1) is 9.95. The van der Waals surface area contributed by atoms with Crippen LogP contribution in [0.25, 0.3) is 0 Å². The van der Waals surface area contributed by atoms with Crippen LogP contribution in [0.2, 0.25) is 5.02 Å². The third-order valence-corrected chi connectivity index (χ3v) is 4.64. The lowest BCUT2D eigenvalue weighted by Gasteiger charge is -2.29. The Morgan fingerprint density at radius 3 is 2.62 bits per heavy atom. The molecule has 6 heteroatoms. The van der Waals surface area contributed by atoms with Crippen LogP contribution in [0.1, 0.15) is 24.8 Å². The minimum atomic E-state index is -4.37. The highest BCUT2D eigenvalue weighted by molar-refractivity contribution is 6.30. The SMILES string of the molecule is FC(F)(F)c1cc(Cl)ccc1N1CCCN2CCCC2C1. The van der Waals surface area contributed by atoms with Crippen molar-refractivity contribution >= 4 is 17.3 Å². The molecule has 2 aliphatic rings. The molecular weight excluding hydrogens is 301 g/mol. The fourth-order valence-corrected chi connectivity index (χ4v) is 3.61. The van der Waals surface area contributed by atoms with E-state index in [0.29, 0.717) is 19.1 Å². The summed E-state index contributed by atoms with van der Waals surface area (Å²) in [5.74, 6) is 0. The number of nitrogens with zero attached hydrogens (tertiary/aromatic N) is 2. The van der Waals surface area contributed by atoms with E-state index in [9.17, 15) is 13.2 Å². The van der Waals surface area contributed by atoms with Gasteiger partial charge in [0.05, 0.1) is 5.56 Å². The molecule has 1 aromatic carbocycles. The number of hydrogen-bond donors (Lipinski definition) is 0. The van der Waals surface area contributed by atoms with E-state index in [-0.39, 0.29) is 10.7 Å². The zero-order chi connectivity index (χ0) is 15.0. The summed E-state index contributed by atoms with van der Waals surface area (Å²) in [7, 11) is 0. The molecular formula is C15H18ClF3N2. The predicted octanol–water partition coefficient (Wildman–Crippen LogP) is 4.03. The molecule has 0 radical (unpaired) electrons. The molecule has 2 fully saturated rings. The van der Waals surface area contributed by atoms with Crippen molar-refractivity contribution in [1.82, 2.24) is 4.90 Å². The molecule has 0 aliphatic carbocycles. The van der Waals surface area contributed by atoms with E-state index >= 15 is 0 Å². The average molecular weight is 319 g/mol. The topological polar surface area (TPSA) is 6.48 Å². The maximum Gasteiger partial charge on any atom is 0.418 e. The van der Waals surface area contributed by atoms with Gasteiger partial charge in [-0.15, -0.1) is 0 Å². The Morgan fingerprint density at radius 2 is 1.86 bits per heavy atom. The Labute approximate surface area is 127 Å². The lowest BCUT2D eigenvalue weighted by Crippen LogP contribution is -2.37. The number of fused-ring (bicyclic) bond motifs is 1. The maximum atomic E-state index is 13.3. The Morgan fingerprint density at radius 1 is 1.10 bits per heavy atom. The van der Waals surface area contributed by atoms with E-state index in [1.54, 1.807) is 6.07 Å². The quantitative estimate of drug-likeness (QED) is 0.771. The van der Waals surface area contributed by atoms with Crippen molar-refractivity contribution in [1.29, 1.82) is 0 Å². The molecule has 0 saturated carbocycles. The minimum Gasteiger partial charge on any atom is -0.369 e. The zero-order valence-corrected chi connectivity index (χ0v) is 12.4. The Bertz CT molecular complexity index is 518. The van der Waals surface area contributed by atoms with Gasteiger partial charge in [-0.05, 0) is 44.0 Å². The highest BCUT2D eigenvalue weighted by Crippen LogP contribution is 2.39. The highest BCUT2D eigenvalue weighted by atomic mass is 35.5. The summed E-state index contributed by atoms with van der Waals surface area (Å²) in [6.45, 7) is 3.39. The molecule has 1 unspecified atom stereocenters. The Hall–Kier alpha value is -0.940. The van der Waals surface area contributed by atoms with Gasteiger partial charge in [-0.2, -0.15) is 13.2 Å². The van der Waals surface area contributed by atoms with Crippen molar-refractivity contribution in [3.63, 3.8) is 0 Å². The van der Waals surface area contributed by atoms with Crippen LogP contribution in [0.3, 0.4) is 0 Å². The van der Waals surface area contributed by atoms with E-state index in [2.05, 4.69) is 4.90 Å². The number of anilines is 1. The molecule has 2 nitrogen and oxygen atoms in total. The largest absolute Gasteiger partial charge is 0.418 e. The third kappa shape index (κ3) is 3.14. The van der Waals surface area contributed by atoms with E-state index < -0.39 is 11.7 Å². The lowest BCUT2D eigenvalue weighted by atomic mass is 10.1. The molecule has 0 bridgehead atoms. The molecule has 116 valence electrons. The van der Waals surface area contributed by atoms with E-state index in [1.165, 1.54) is 6.07 Å². The molecule has 2 heterocycles. The molecule has 0 amide bonds. The summed E-state index contributed by atoms with van der Waals surface area (Å²) in [5.41, 5.74) is -0.359. The van der Waals surface area contributed by atoms with Crippen LogP contribution in [-0.4, -0.2) is 37.1 Å². The number of hydrogen-bond acceptors (Lipinski definition) is 2. The first-order valence-corrected chi connectivity index (χ1v) is 7.69. The normalized spacial score (nSPS) is 24.0. The van der Waals surface area contributed by atoms with Gasteiger partial charge in [-0.3, -0.25) is 4.90 Å². The van der Waals surface area contributed by atoms with Crippen molar-refractivity contribution in [3.8, 4) is 0 Å². The van der Waals surface area contributed by atoms with Crippen LogP contribution in [-0.2, 0) is 6.18 Å². The van der Waals surface area contributed by atoms with E-state index in [1.807, 2.05) is 4.90 Å². The summed E-state index contributed by atoms with van der Waals surface area (Å²) in [4.78, 5) is 4.29. The van der Waals surface area contributed by atoms with Gasteiger partial charge in [0.25, 0.3) is 0 Å². The molecule has 2 saturated heterocycles. The van der Waals surface area contributed by atoms with Gasteiger partial charge in [-0.25, -0.2) is 0 Å². The lowest BCUT2D eigenvalue weighted by molar-refractivity contribution is -0.137. The van der Waals surface area contributed by atoms with Crippen LogP contribution in [0.5, 0.6) is 0 Å². The summed E-state index contributed by atoms with van der Waals surface area (Å²) in [6, 6.07) is 4.47.